The van der Waals surface area contributed by atoms with Crippen LogP contribution in [0.1, 0.15) is 24.1 Å². The van der Waals surface area contributed by atoms with Gasteiger partial charge in [0.15, 0.2) is 0 Å². The highest BCUT2D eigenvalue weighted by Gasteiger charge is 2.31. The number of anilines is 1. The number of carbonyl (C=O) groups excluding carboxylic acids is 1. The Hall–Kier alpha value is -2.36. The summed E-state index contributed by atoms with van der Waals surface area (Å²) in [6, 6.07) is 13.8. The highest BCUT2D eigenvalue weighted by Crippen LogP contribution is 2.32. The maximum absolute atomic E-state index is 12.8. The van der Waals surface area contributed by atoms with Gasteiger partial charge < -0.3 is 10.2 Å². The lowest BCUT2D eigenvalue weighted by molar-refractivity contribution is -0.132. The molecule has 1 aliphatic heterocycles. The molecule has 1 atom stereocenters. The van der Waals surface area contributed by atoms with E-state index in [0.29, 0.717) is 19.6 Å². The molecule has 2 heterocycles. The Labute approximate surface area is 124 Å². The zero-order valence-corrected chi connectivity index (χ0v) is 12.1. The van der Waals surface area contributed by atoms with Crippen molar-refractivity contribution in [2.45, 2.75) is 19.4 Å². The standard InChI is InChI=1S/C17H19N3O/c1-2-20(12-13-7-5-6-10-18-13)17(21)15-11-19-16-9-4-3-8-14(15)16/h3-10,15,19H,2,11-12H2,1H3. The fourth-order valence-electron chi connectivity index (χ4n) is 2.76. The number of pyridine rings is 1. The van der Waals surface area contributed by atoms with Crippen LogP contribution in [0.25, 0.3) is 0 Å². The minimum Gasteiger partial charge on any atom is -0.384 e. The molecule has 1 amide bonds. The monoisotopic (exact) mass is 281 g/mol. The first-order valence-electron chi connectivity index (χ1n) is 7.31. The molecule has 1 aromatic carbocycles. The second-order valence-corrected chi connectivity index (χ2v) is 5.19. The predicted molar refractivity (Wildman–Crippen MR) is 83.0 cm³/mol. The third-order valence-electron chi connectivity index (χ3n) is 3.90. The van der Waals surface area contributed by atoms with Crippen LogP contribution < -0.4 is 5.32 Å². The molecular weight excluding hydrogens is 262 g/mol. The van der Waals surface area contributed by atoms with Crippen LogP contribution in [0.15, 0.2) is 48.7 Å². The van der Waals surface area contributed by atoms with Crippen LogP contribution in [-0.4, -0.2) is 28.9 Å². The number of hydrogen-bond donors (Lipinski definition) is 1. The lowest BCUT2D eigenvalue weighted by Crippen LogP contribution is -2.35. The Morgan fingerprint density at radius 2 is 2.10 bits per heavy atom. The Bertz CT molecular complexity index is 627. The molecule has 1 unspecified atom stereocenters. The number of fused-ring (bicyclic) bond motifs is 1. The van der Waals surface area contributed by atoms with Crippen LogP contribution in [0.4, 0.5) is 5.69 Å². The van der Waals surface area contributed by atoms with Gasteiger partial charge in [0.05, 0.1) is 18.2 Å². The van der Waals surface area contributed by atoms with Gasteiger partial charge in [-0.3, -0.25) is 9.78 Å². The molecule has 0 fully saturated rings. The highest BCUT2D eigenvalue weighted by atomic mass is 16.2. The van der Waals surface area contributed by atoms with E-state index in [2.05, 4.69) is 10.3 Å². The molecule has 108 valence electrons. The van der Waals surface area contributed by atoms with E-state index < -0.39 is 0 Å². The summed E-state index contributed by atoms with van der Waals surface area (Å²) >= 11 is 0. The number of aromatic nitrogens is 1. The van der Waals surface area contributed by atoms with Gasteiger partial charge in [-0.25, -0.2) is 0 Å². The van der Waals surface area contributed by atoms with E-state index in [9.17, 15) is 4.79 Å². The fourth-order valence-corrected chi connectivity index (χ4v) is 2.76. The average molecular weight is 281 g/mol. The van der Waals surface area contributed by atoms with Crippen LogP contribution in [0.3, 0.4) is 0 Å². The number of hydrogen-bond acceptors (Lipinski definition) is 3. The Morgan fingerprint density at radius 1 is 1.29 bits per heavy atom. The lowest BCUT2D eigenvalue weighted by atomic mass is 10.00. The van der Waals surface area contributed by atoms with Gasteiger partial charge in [-0.2, -0.15) is 0 Å². The summed E-state index contributed by atoms with van der Waals surface area (Å²) in [5.74, 6) is 0.0745. The molecule has 0 saturated heterocycles. The molecule has 0 saturated carbocycles. The quantitative estimate of drug-likeness (QED) is 0.937. The molecule has 1 aromatic heterocycles. The molecule has 4 heteroatoms. The topological polar surface area (TPSA) is 45.2 Å². The first-order chi connectivity index (χ1) is 10.3. The summed E-state index contributed by atoms with van der Waals surface area (Å²) in [5.41, 5.74) is 3.10. The molecule has 0 radical (unpaired) electrons. The van der Waals surface area contributed by atoms with Crippen LogP contribution in [-0.2, 0) is 11.3 Å². The van der Waals surface area contributed by atoms with E-state index in [4.69, 9.17) is 0 Å². The Balaban J connectivity index is 1.78. The van der Waals surface area contributed by atoms with Crippen molar-refractivity contribution in [2.24, 2.45) is 0 Å². The number of amides is 1. The number of para-hydroxylation sites is 1. The molecule has 1 aliphatic rings. The van der Waals surface area contributed by atoms with Gasteiger partial charge in [-0.05, 0) is 30.7 Å². The fraction of sp³-hybridized carbons (Fsp3) is 0.294. The number of rotatable bonds is 4. The largest absolute Gasteiger partial charge is 0.384 e. The third-order valence-corrected chi connectivity index (χ3v) is 3.90. The molecule has 1 N–H and O–H groups in total. The van der Waals surface area contributed by atoms with Gasteiger partial charge in [0.25, 0.3) is 0 Å². The van der Waals surface area contributed by atoms with Crippen molar-refractivity contribution >= 4 is 11.6 Å². The molecule has 21 heavy (non-hydrogen) atoms. The van der Waals surface area contributed by atoms with E-state index in [-0.39, 0.29) is 11.8 Å². The number of nitrogens with zero attached hydrogens (tertiary/aromatic N) is 2. The van der Waals surface area contributed by atoms with Crippen molar-refractivity contribution in [3.8, 4) is 0 Å². The van der Waals surface area contributed by atoms with Crippen molar-refractivity contribution in [2.75, 3.05) is 18.4 Å². The van der Waals surface area contributed by atoms with Crippen LogP contribution in [0, 0.1) is 0 Å². The summed E-state index contributed by atoms with van der Waals surface area (Å²) in [6.45, 7) is 3.94. The van der Waals surface area contributed by atoms with E-state index in [1.54, 1.807) is 6.20 Å². The molecule has 0 spiro atoms. The highest BCUT2D eigenvalue weighted by molar-refractivity contribution is 5.88. The van der Waals surface area contributed by atoms with Crippen molar-refractivity contribution in [3.05, 3.63) is 59.9 Å². The van der Waals surface area contributed by atoms with Gasteiger partial charge >= 0.3 is 0 Å². The second kappa shape index (κ2) is 5.95. The first kappa shape index (κ1) is 13.6. The van der Waals surface area contributed by atoms with Crippen molar-refractivity contribution in [1.82, 2.24) is 9.88 Å². The molecular formula is C17H19N3O. The molecule has 3 rings (SSSR count). The Morgan fingerprint density at radius 3 is 2.86 bits per heavy atom. The van der Waals surface area contributed by atoms with Gasteiger partial charge in [0, 0.05) is 25.0 Å². The number of benzene rings is 1. The number of nitrogens with one attached hydrogen (secondary N) is 1. The third kappa shape index (κ3) is 2.75. The van der Waals surface area contributed by atoms with Gasteiger partial charge in [0.1, 0.15) is 0 Å². The Kier molecular flexibility index (Phi) is 3.86. The number of likely N-dealkylation sites (N-methyl/N-ethyl adjacent to an activating group) is 1. The van der Waals surface area contributed by atoms with E-state index in [1.165, 1.54) is 0 Å². The normalized spacial score (nSPS) is 16.1. The molecule has 0 bridgehead atoms. The van der Waals surface area contributed by atoms with Crippen LogP contribution in [0.2, 0.25) is 0 Å². The van der Waals surface area contributed by atoms with E-state index in [1.807, 2.05) is 54.3 Å². The smallest absolute Gasteiger partial charge is 0.232 e. The zero-order valence-electron chi connectivity index (χ0n) is 12.1. The lowest BCUT2D eigenvalue weighted by Gasteiger charge is -2.24. The van der Waals surface area contributed by atoms with Crippen LogP contribution >= 0.6 is 0 Å². The first-order valence-corrected chi connectivity index (χ1v) is 7.31. The summed E-state index contributed by atoms with van der Waals surface area (Å²) in [6.07, 6.45) is 1.76. The van der Waals surface area contributed by atoms with Crippen molar-refractivity contribution < 1.29 is 4.79 Å². The average Bonchev–Trinajstić information content (AvgIpc) is 2.97. The maximum atomic E-state index is 12.8. The minimum absolute atomic E-state index is 0.0927. The van der Waals surface area contributed by atoms with E-state index in [0.717, 1.165) is 16.9 Å². The SMILES string of the molecule is CCN(Cc1ccccn1)C(=O)C1CNc2ccccc21. The molecule has 0 aliphatic carbocycles. The summed E-state index contributed by atoms with van der Waals surface area (Å²) < 4.78 is 0. The second-order valence-electron chi connectivity index (χ2n) is 5.19. The molecule has 2 aromatic rings. The summed E-state index contributed by atoms with van der Waals surface area (Å²) in [7, 11) is 0. The predicted octanol–water partition coefficient (Wildman–Crippen LogP) is 2.64. The van der Waals surface area contributed by atoms with Gasteiger partial charge in [-0.1, -0.05) is 24.3 Å². The van der Waals surface area contributed by atoms with Gasteiger partial charge in [-0.15, -0.1) is 0 Å². The summed E-state index contributed by atoms with van der Waals surface area (Å²) in [5, 5.41) is 3.31. The van der Waals surface area contributed by atoms with Crippen molar-refractivity contribution in [3.63, 3.8) is 0 Å². The summed E-state index contributed by atoms with van der Waals surface area (Å²) in [4.78, 5) is 19.0. The van der Waals surface area contributed by atoms with Crippen molar-refractivity contribution in [1.29, 1.82) is 0 Å². The zero-order chi connectivity index (χ0) is 14.7. The molecule has 4 nitrogen and oxygen atoms in total. The van der Waals surface area contributed by atoms with Gasteiger partial charge in [0.2, 0.25) is 5.91 Å². The van der Waals surface area contributed by atoms with Crippen LogP contribution in [0.5, 0.6) is 0 Å². The minimum atomic E-state index is -0.0927. The maximum Gasteiger partial charge on any atom is 0.232 e. The number of carbonyl (C=O) groups is 1. The van der Waals surface area contributed by atoms with E-state index >= 15 is 0 Å².